The summed E-state index contributed by atoms with van der Waals surface area (Å²) in [6, 6.07) is 12.5. The van der Waals surface area contributed by atoms with Gasteiger partial charge in [0.2, 0.25) is 0 Å². The molecule has 0 fully saturated rings. The number of hydrogen-bond acceptors (Lipinski definition) is 0. The van der Waals surface area contributed by atoms with E-state index in [-0.39, 0.29) is 40.0 Å². The van der Waals surface area contributed by atoms with Crippen LogP contribution in [0.4, 0.5) is 0 Å². The zero-order valence-corrected chi connectivity index (χ0v) is 21.8. The average Bonchev–Trinajstić information content (AvgIpc) is 2.18. The van der Waals surface area contributed by atoms with Gasteiger partial charge in [0.15, 0.2) is 0 Å². The summed E-state index contributed by atoms with van der Waals surface area (Å²) in [6.45, 7) is 13.9. The fourth-order valence-electron chi connectivity index (χ4n) is 1.47. The molecule has 0 bridgehead atoms. The topological polar surface area (TPSA) is 0 Å². The Morgan fingerprint density at radius 2 is 1.11 bits per heavy atom. The Morgan fingerprint density at radius 3 is 1.16 bits per heavy atom. The maximum absolute atomic E-state index is 3.95. The number of rotatable bonds is 0. The standard InChI is InChI=1S/C6H5.2C4H9.3BrH.Mg.Sn/c1-2-4-6-5-3-1;2*1-4(2)3;;;;;/h1-5H;2*1-3H3;3*1H;;/q-1;;;;;;2*+2/p-3. The Labute approximate surface area is 162 Å². The number of halogens is 3. The molecule has 0 heterocycles. The van der Waals surface area contributed by atoms with Gasteiger partial charge in [-0.05, 0) is 0 Å². The second kappa shape index (κ2) is 10.9. The summed E-state index contributed by atoms with van der Waals surface area (Å²) in [4.78, 5) is 0. The van der Waals surface area contributed by atoms with E-state index in [2.05, 4.69) is 73.0 Å². The van der Waals surface area contributed by atoms with E-state index < -0.39 is 13.9 Å². The normalized spacial score (nSPS) is 11.4. The van der Waals surface area contributed by atoms with Crippen LogP contribution < -0.4 is 17.0 Å². The summed E-state index contributed by atoms with van der Waals surface area (Å²) < 4.78 is 0.847. The smallest absolute Gasteiger partial charge is 1.00 e. The summed E-state index contributed by atoms with van der Waals surface area (Å²) >= 11 is 5.66. The number of hydrogen-bond donors (Lipinski definition) is 0. The van der Waals surface area contributed by atoms with Gasteiger partial charge in [-0.1, -0.05) is 0 Å². The van der Waals surface area contributed by atoms with E-state index >= 15 is 0 Å². The fraction of sp³-hybridized carbons (Fsp3) is 0.571. The van der Waals surface area contributed by atoms with Gasteiger partial charge in [-0.3, -0.25) is 0 Å². The molecule has 1 aromatic rings. The first-order chi connectivity index (χ1) is 7.50. The van der Waals surface area contributed by atoms with Gasteiger partial charge in [0.25, 0.3) is 0 Å². The van der Waals surface area contributed by atoms with E-state index in [1.54, 1.807) is 0 Å². The van der Waals surface area contributed by atoms with Crippen LogP contribution >= 0.6 is 25.4 Å². The predicted molar refractivity (Wildman–Crippen MR) is 94.1 cm³/mol. The minimum atomic E-state index is -2.24. The molecule has 0 aliphatic carbocycles. The Balaban J connectivity index is -0.000000274. The summed E-state index contributed by atoms with van der Waals surface area (Å²) in [7, 11) is 0. The van der Waals surface area contributed by atoms with Crippen molar-refractivity contribution >= 4 is 62.4 Å². The summed E-state index contributed by atoms with van der Waals surface area (Å²) in [5.74, 6) is 0. The van der Waals surface area contributed by atoms with E-state index in [4.69, 9.17) is 0 Å². The van der Waals surface area contributed by atoms with Crippen LogP contribution in [0.3, 0.4) is 0 Å². The van der Waals surface area contributed by atoms with Crippen LogP contribution in [0.1, 0.15) is 41.5 Å². The summed E-state index contributed by atoms with van der Waals surface area (Å²) in [5, 5.41) is 0. The second-order valence-electron chi connectivity index (χ2n) is 6.15. The van der Waals surface area contributed by atoms with Gasteiger partial charge in [-0.15, -0.1) is 0 Å². The van der Waals surface area contributed by atoms with Crippen molar-refractivity contribution in [2.24, 2.45) is 0 Å². The second-order valence-corrected chi connectivity index (χ2v) is 41.1. The molecule has 106 valence electrons. The maximum atomic E-state index is 3.95. The van der Waals surface area contributed by atoms with Gasteiger partial charge in [0, 0.05) is 0 Å². The van der Waals surface area contributed by atoms with Gasteiger partial charge in [-0.2, -0.15) is 36.4 Å². The molecule has 0 aromatic heterocycles. The first kappa shape index (κ1) is 26.1. The van der Waals surface area contributed by atoms with Crippen molar-refractivity contribution in [3.63, 3.8) is 0 Å². The van der Waals surface area contributed by atoms with Crippen molar-refractivity contribution in [2.45, 2.75) is 48.4 Å². The van der Waals surface area contributed by atoms with Crippen molar-refractivity contribution < 1.29 is 17.0 Å². The third-order valence-electron chi connectivity index (χ3n) is 2.49. The van der Waals surface area contributed by atoms with E-state index in [1.807, 2.05) is 30.3 Å². The molecule has 0 radical (unpaired) electrons. The fourth-order valence-corrected chi connectivity index (χ4v) is 7.89. The first-order valence-corrected chi connectivity index (χ1v) is 21.4. The third-order valence-corrected chi connectivity index (χ3v) is 45.2. The largest absolute Gasteiger partial charge is 2.00 e. The average molecular weight is 574 g/mol. The molecule has 1 aromatic carbocycles. The molecule has 19 heavy (non-hydrogen) atoms. The van der Waals surface area contributed by atoms with Crippen LogP contribution in [0.15, 0.2) is 30.3 Å². The molecule has 0 saturated heterocycles. The van der Waals surface area contributed by atoms with E-state index in [0.717, 1.165) is 0 Å². The van der Waals surface area contributed by atoms with Gasteiger partial charge in [0.1, 0.15) is 0 Å². The zero-order chi connectivity index (χ0) is 13.7. The molecule has 0 nitrogen and oxygen atoms in total. The molecule has 0 aliphatic heterocycles. The molecule has 5 heteroatoms. The predicted octanol–water partition coefficient (Wildman–Crippen LogP) is 2.93. The SMILES string of the molecule is C[C](C)(C)[Sn]([Br])([Br])[C](C)(C)C.[Br-].[Mg+2].[c-]1ccccc1. The Bertz CT molecular complexity index is 273. The molecular weight excluding hydrogens is 551 g/mol. The van der Waals surface area contributed by atoms with Crippen LogP contribution in [0.5, 0.6) is 0 Å². The van der Waals surface area contributed by atoms with Crippen molar-refractivity contribution in [3.8, 4) is 0 Å². The van der Waals surface area contributed by atoms with Crippen LogP contribution in [-0.2, 0) is 0 Å². The van der Waals surface area contributed by atoms with Crippen LogP contribution in [0.2, 0.25) is 6.86 Å². The molecular formula is C14H23Br3MgSn. The van der Waals surface area contributed by atoms with Crippen LogP contribution in [0, 0.1) is 6.07 Å². The minimum Gasteiger partial charge on any atom is -1.00 e. The first-order valence-electron chi connectivity index (χ1n) is 5.79. The molecule has 0 atom stereocenters. The Morgan fingerprint density at radius 1 is 0.789 bits per heavy atom. The summed E-state index contributed by atoms with van der Waals surface area (Å²) in [5.41, 5.74) is 0. The minimum absolute atomic E-state index is 0. The Hall–Kier alpha value is 2.22. The third kappa shape index (κ3) is 9.77. The van der Waals surface area contributed by atoms with Gasteiger partial charge < -0.3 is 17.0 Å². The van der Waals surface area contributed by atoms with Crippen molar-refractivity contribution in [3.05, 3.63) is 36.4 Å². The molecule has 0 amide bonds. The van der Waals surface area contributed by atoms with E-state index in [9.17, 15) is 0 Å². The quantitative estimate of drug-likeness (QED) is 0.331. The maximum Gasteiger partial charge on any atom is 2.00 e. The molecule has 0 spiro atoms. The van der Waals surface area contributed by atoms with Crippen molar-refractivity contribution in [1.29, 1.82) is 0 Å². The van der Waals surface area contributed by atoms with Gasteiger partial charge >= 0.3 is 111 Å². The van der Waals surface area contributed by atoms with Crippen LogP contribution in [0.25, 0.3) is 0 Å². The van der Waals surface area contributed by atoms with Crippen molar-refractivity contribution in [2.75, 3.05) is 0 Å². The van der Waals surface area contributed by atoms with Gasteiger partial charge in [-0.25, -0.2) is 0 Å². The van der Waals surface area contributed by atoms with Crippen molar-refractivity contribution in [1.82, 2.24) is 0 Å². The van der Waals surface area contributed by atoms with E-state index in [0.29, 0.717) is 6.86 Å². The monoisotopic (exact) mass is 572 g/mol. The Kier molecular flexibility index (Phi) is 15.0. The molecule has 1 rings (SSSR count). The van der Waals surface area contributed by atoms with E-state index in [1.165, 1.54) is 0 Å². The van der Waals surface area contributed by atoms with Gasteiger partial charge in [0.05, 0.1) is 0 Å². The molecule has 0 N–H and O–H groups in total. The number of benzene rings is 1. The summed E-state index contributed by atoms with van der Waals surface area (Å²) in [6.07, 6.45) is 0. The van der Waals surface area contributed by atoms with Crippen LogP contribution in [-0.4, -0.2) is 37.0 Å². The molecule has 0 aliphatic rings. The molecule has 0 unspecified atom stereocenters. The molecule has 0 saturated carbocycles. The zero-order valence-electron chi connectivity index (χ0n) is 12.7.